The molecule has 0 bridgehead atoms. The molecule has 1 aliphatic heterocycles. The number of benzene rings is 1. The highest BCUT2D eigenvalue weighted by Crippen LogP contribution is 2.17. The zero-order valence-corrected chi connectivity index (χ0v) is 16.1. The van der Waals surface area contributed by atoms with Gasteiger partial charge in [-0.1, -0.05) is 29.8 Å². The SMILES string of the molecule is Cc1ccc(Cn2nc(C)c(CCC(=O)NC3CCCNC3)c2C)cc1. The molecule has 26 heavy (non-hydrogen) atoms. The Kier molecular flexibility index (Phi) is 6.09. The first kappa shape index (κ1) is 18.6. The van der Waals surface area contributed by atoms with Gasteiger partial charge in [0.05, 0.1) is 12.2 Å². The maximum Gasteiger partial charge on any atom is 0.220 e. The molecule has 1 aromatic heterocycles. The van der Waals surface area contributed by atoms with Gasteiger partial charge in [-0.3, -0.25) is 9.48 Å². The van der Waals surface area contributed by atoms with Crippen LogP contribution < -0.4 is 10.6 Å². The smallest absolute Gasteiger partial charge is 0.220 e. The molecule has 1 aliphatic rings. The van der Waals surface area contributed by atoms with Crippen molar-refractivity contribution in [3.8, 4) is 0 Å². The van der Waals surface area contributed by atoms with E-state index in [-0.39, 0.29) is 11.9 Å². The highest BCUT2D eigenvalue weighted by atomic mass is 16.1. The van der Waals surface area contributed by atoms with Crippen molar-refractivity contribution in [2.24, 2.45) is 0 Å². The lowest BCUT2D eigenvalue weighted by Gasteiger charge is -2.23. The van der Waals surface area contributed by atoms with E-state index >= 15 is 0 Å². The fourth-order valence-electron chi connectivity index (χ4n) is 3.63. The first-order valence-electron chi connectivity index (χ1n) is 9.61. The van der Waals surface area contributed by atoms with E-state index in [1.807, 2.05) is 6.92 Å². The minimum Gasteiger partial charge on any atom is -0.352 e. The Morgan fingerprint density at radius 3 is 2.73 bits per heavy atom. The Bertz CT molecular complexity index is 742. The van der Waals surface area contributed by atoms with Gasteiger partial charge in [0.25, 0.3) is 0 Å². The lowest BCUT2D eigenvalue weighted by molar-refractivity contribution is -0.121. The van der Waals surface area contributed by atoms with Crippen molar-refractivity contribution in [3.05, 3.63) is 52.3 Å². The molecular weight excluding hydrogens is 324 g/mol. The minimum atomic E-state index is 0.142. The number of nitrogens with zero attached hydrogens (tertiary/aromatic N) is 2. The van der Waals surface area contributed by atoms with E-state index in [0.29, 0.717) is 6.42 Å². The molecule has 1 amide bonds. The van der Waals surface area contributed by atoms with E-state index < -0.39 is 0 Å². The van der Waals surface area contributed by atoms with Gasteiger partial charge in [0.1, 0.15) is 0 Å². The third-order valence-corrected chi connectivity index (χ3v) is 5.25. The fourth-order valence-corrected chi connectivity index (χ4v) is 3.63. The Hall–Kier alpha value is -2.14. The second-order valence-corrected chi connectivity index (χ2v) is 7.40. The molecule has 0 spiro atoms. The topological polar surface area (TPSA) is 59.0 Å². The third-order valence-electron chi connectivity index (χ3n) is 5.25. The first-order chi connectivity index (χ1) is 12.5. The van der Waals surface area contributed by atoms with Crippen LogP contribution in [-0.4, -0.2) is 34.8 Å². The van der Waals surface area contributed by atoms with Crippen molar-refractivity contribution in [2.45, 2.75) is 59.0 Å². The number of carbonyl (C=O) groups excluding carboxylic acids is 1. The molecule has 1 atom stereocenters. The van der Waals surface area contributed by atoms with E-state index in [1.54, 1.807) is 0 Å². The van der Waals surface area contributed by atoms with Gasteiger partial charge in [0.2, 0.25) is 5.91 Å². The van der Waals surface area contributed by atoms with Gasteiger partial charge < -0.3 is 10.6 Å². The van der Waals surface area contributed by atoms with Gasteiger partial charge in [-0.25, -0.2) is 0 Å². The van der Waals surface area contributed by atoms with Gasteiger partial charge >= 0.3 is 0 Å². The molecule has 140 valence electrons. The summed E-state index contributed by atoms with van der Waals surface area (Å²) < 4.78 is 2.05. The van der Waals surface area contributed by atoms with E-state index in [0.717, 1.165) is 50.3 Å². The lowest BCUT2D eigenvalue weighted by Crippen LogP contribution is -2.45. The summed E-state index contributed by atoms with van der Waals surface area (Å²) >= 11 is 0. The van der Waals surface area contributed by atoms with E-state index in [9.17, 15) is 4.79 Å². The number of hydrogen-bond acceptors (Lipinski definition) is 3. The van der Waals surface area contributed by atoms with E-state index in [4.69, 9.17) is 5.10 Å². The third kappa shape index (κ3) is 4.73. The maximum atomic E-state index is 12.3. The Morgan fingerprint density at radius 1 is 1.27 bits per heavy atom. The van der Waals surface area contributed by atoms with Crippen molar-refractivity contribution >= 4 is 5.91 Å². The summed E-state index contributed by atoms with van der Waals surface area (Å²) in [5.74, 6) is 0.142. The Morgan fingerprint density at radius 2 is 2.04 bits per heavy atom. The van der Waals surface area contributed by atoms with Gasteiger partial charge in [-0.05, 0) is 57.7 Å². The van der Waals surface area contributed by atoms with Crippen LogP contribution in [-0.2, 0) is 17.8 Å². The van der Waals surface area contributed by atoms with Crippen molar-refractivity contribution in [1.82, 2.24) is 20.4 Å². The quantitative estimate of drug-likeness (QED) is 0.838. The van der Waals surface area contributed by atoms with Crippen LogP contribution in [0, 0.1) is 20.8 Å². The first-order valence-corrected chi connectivity index (χ1v) is 9.61. The molecule has 5 heteroatoms. The summed E-state index contributed by atoms with van der Waals surface area (Å²) in [5, 5.41) is 11.2. The van der Waals surface area contributed by atoms with Gasteiger partial charge in [0, 0.05) is 24.7 Å². The fraction of sp³-hybridized carbons (Fsp3) is 0.524. The predicted octanol–water partition coefficient (Wildman–Crippen LogP) is 2.66. The van der Waals surface area contributed by atoms with Crippen LogP contribution in [0.1, 0.15) is 47.3 Å². The minimum absolute atomic E-state index is 0.142. The normalized spacial score (nSPS) is 17.3. The number of aromatic nitrogens is 2. The summed E-state index contributed by atoms with van der Waals surface area (Å²) in [5.41, 5.74) is 5.91. The van der Waals surface area contributed by atoms with Crippen molar-refractivity contribution in [3.63, 3.8) is 0 Å². The van der Waals surface area contributed by atoms with Gasteiger partial charge in [-0.15, -0.1) is 0 Å². The van der Waals surface area contributed by atoms with Crippen LogP contribution in [0.5, 0.6) is 0 Å². The average molecular weight is 354 g/mol. The molecular formula is C21H30N4O. The van der Waals surface area contributed by atoms with Crippen LogP contribution in [0.2, 0.25) is 0 Å². The van der Waals surface area contributed by atoms with Crippen LogP contribution >= 0.6 is 0 Å². The standard InChI is InChI=1S/C21H30N4O/c1-15-6-8-18(9-7-15)14-25-17(3)20(16(2)24-25)10-11-21(26)23-19-5-4-12-22-13-19/h6-9,19,22H,4-5,10-14H2,1-3H3,(H,23,26). The molecule has 3 rings (SSSR count). The molecule has 1 saturated heterocycles. The molecule has 0 aliphatic carbocycles. The molecule has 2 N–H and O–H groups in total. The molecule has 2 aromatic rings. The molecule has 0 radical (unpaired) electrons. The second kappa shape index (κ2) is 8.49. The van der Waals surface area contributed by atoms with E-state index in [2.05, 4.69) is 53.4 Å². The number of amides is 1. The van der Waals surface area contributed by atoms with Gasteiger partial charge in [0.15, 0.2) is 0 Å². The van der Waals surface area contributed by atoms with Crippen molar-refractivity contribution in [2.75, 3.05) is 13.1 Å². The zero-order valence-electron chi connectivity index (χ0n) is 16.1. The number of carbonyl (C=O) groups is 1. The summed E-state index contributed by atoms with van der Waals surface area (Å²) in [7, 11) is 0. The van der Waals surface area contributed by atoms with Crippen LogP contribution in [0.25, 0.3) is 0 Å². The summed E-state index contributed by atoms with van der Waals surface area (Å²) in [6.45, 7) is 8.96. The Labute approximate surface area is 156 Å². The molecule has 1 fully saturated rings. The number of hydrogen-bond donors (Lipinski definition) is 2. The molecule has 1 aromatic carbocycles. The lowest BCUT2D eigenvalue weighted by atomic mass is 10.1. The monoisotopic (exact) mass is 354 g/mol. The molecule has 2 heterocycles. The molecule has 5 nitrogen and oxygen atoms in total. The van der Waals surface area contributed by atoms with Crippen LogP contribution in [0.3, 0.4) is 0 Å². The maximum absolute atomic E-state index is 12.3. The Balaban J connectivity index is 1.58. The highest BCUT2D eigenvalue weighted by Gasteiger charge is 2.17. The number of nitrogens with one attached hydrogen (secondary N) is 2. The second-order valence-electron chi connectivity index (χ2n) is 7.40. The van der Waals surface area contributed by atoms with Crippen LogP contribution in [0.4, 0.5) is 0 Å². The predicted molar refractivity (Wildman–Crippen MR) is 104 cm³/mol. The summed E-state index contributed by atoms with van der Waals surface area (Å²) in [6, 6.07) is 8.84. The van der Waals surface area contributed by atoms with Crippen molar-refractivity contribution in [1.29, 1.82) is 0 Å². The molecule has 1 unspecified atom stereocenters. The zero-order chi connectivity index (χ0) is 18.5. The average Bonchev–Trinajstić information content (AvgIpc) is 2.89. The number of aryl methyl sites for hydroxylation is 2. The van der Waals surface area contributed by atoms with Gasteiger partial charge in [-0.2, -0.15) is 5.10 Å². The number of rotatable bonds is 6. The van der Waals surface area contributed by atoms with Crippen LogP contribution in [0.15, 0.2) is 24.3 Å². The number of piperidine rings is 1. The largest absolute Gasteiger partial charge is 0.352 e. The highest BCUT2D eigenvalue weighted by molar-refractivity contribution is 5.76. The summed E-state index contributed by atoms with van der Waals surface area (Å²) in [6.07, 6.45) is 3.48. The van der Waals surface area contributed by atoms with E-state index in [1.165, 1.54) is 16.7 Å². The van der Waals surface area contributed by atoms with Crippen molar-refractivity contribution < 1.29 is 4.79 Å². The molecule has 0 saturated carbocycles. The summed E-state index contributed by atoms with van der Waals surface area (Å²) in [4.78, 5) is 12.3.